The van der Waals surface area contributed by atoms with E-state index in [1.807, 2.05) is 0 Å². The van der Waals surface area contributed by atoms with E-state index in [9.17, 15) is 4.57 Å². The molecule has 0 saturated heterocycles. The van der Waals surface area contributed by atoms with Crippen LogP contribution in [-0.2, 0) is 24.4 Å². The number of phosphoric ester groups is 1. The first-order valence-corrected chi connectivity index (χ1v) is 10.0. The molecule has 0 spiro atoms. The van der Waals surface area contributed by atoms with Crippen LogP contribution in [-0.4, -0.2) is 13.2 Å². The average molecular weight is 356 g/mol. The Morgan fingerprint density at radius 2 is 1.25 bits per heavy atom. The van der Waals surface area contributed by atoms with E-state index in [2.05, 4.69) is 60.6 Å². The maximum absolute atomic E-state index is 13.0. The molecule has 0 radical (unpaired) electrons. The molecule has 1 aromatic rings. The van der Waals surface area contributed by atoms with Gasteiger partial charge in [0, 0.05) is 11.1 Å². The SMILES string of the molecule is CCOP(=O)(OCC)Oc1c(C(C)(C)C)cc(C)cc1C(C)(C)C. The lowest BCUT2D eigenvalue weighted by Gasteiger charge is -2.31. The molecule has 0 saturated carbocycles. The van der Waals surface area contributed by atoms with Crippen molar-refractivity contribution in [2.45, 2.75) is 73.1 Å². The van der Waals surface area contributed by atoms with Crippen LogP contribution in [0.5, 0.6) is 5.75 Å². The fourth-order valence-electron chi connectivity index (χ4n) is 2.50. The average Bonchev–Trinajstić information content (AvgIpc) is 2.38. The lowest BCUT2D eigenvalue weighted by Crippen LogP contribution is -2.20. The summed E-state index contributed by atoms with van der Waals surface area (Å²) in [6.45, 7) is 18.9. The zero-order chi connectivity index (χ0) is 18.8. The standard InChI is InChI=1S/C19H33O4P/c1-10-21-24(20,22-11-2)23-17-15(18(4,5)6)12-14(3)13-16(17)19(7,8)9/h12-13H,10-11H2,1-9H3. The van der Waals surface area contributed by atoms with Gasteiger partial charge in [-0.05, 0) is 31.6 Å². The normalized spacial score (nSPS) is 13.2. The van der Waals surface area contributed by atoms with E-state index < -0.39 is 7.82 Å². The maximum Gasteiger partial charge on any atom is 0.530 e. The smallest absolute Gasteiger partial charge is 0.403 e. The minimum Gasteiger partial charge on any atom is -0.403 e. The van der Waals surface area contributed by atoms with Crippen LogP contribution in [0.3, 0.4) is 0 Å². The molecule has 0 aliphatic heterocycles. The van der Waals surface area contributed by atoms with Crippen LogP contribution in [0.15, 0.2) is 12.1 Å². The summed E-state index contributed by atoms with van der Waals surface area (Å²) >= 11 is 0. The molecule has 0 fully saturated rings. The summed E-state index contributed by atoms with van der Waals surface area (Å²) < 4.78 is 29.6. The van der Waals surface area contributed by atoms with Crippen molar-refractivity contribution in [2.24, 2.45) is 0 Å². The Kier molecular flexibility index (Phi) is 6.71. The summed E-state index contributed by atoms with van der Waals surface area (Å²) in [7, 11) is -3.65. The summed E-state index contributed by atoms with van der Waals surface area (Å²) in [5.74, 6) is 0.617. The number of benzene rings is 1. The van der Waals surface area contributed by atoms with Crippen LogP contribution < -0.4 is 4.52 Å². The number of hydrogen-bond donors (Lipinski definition) is 0. The molecule has 1 rings (SSSR count). The van der Waals surface area contributed by atoms with Gasteiger partial charge in [-0.25, -0.2) is 4.57 Å². The van der Waals surface area contributed by atoms with Gasteiger partial charge in [-0.3, -0.25) is 9.05 Å². The van der Waals surface area contributed by atoms with E-state index in [1.54, 1.807) is 13.8 Å². The molecule has 0 unspecified atom stereocenters. The second kappa shape index (κ2) is 7.59. The highest BCUT2D eigenvalue weighted by atomic mass is 31.2. The summed E-state index contributed by atoms with van der Waals surface area (Å²) in [6, 6.07) is 4.18. The highest BCUT2D eigenvalue weighted by molar-refractivity contribution is 7.48. The Hall–Kier alpha value is -0.830. The van der Waals surface area contributed by atoms with Crippen molar-refractivity contribution < 1.29 is 18.1 Å². The van der Waals surface area contributed by atoms with Gasteiger partial charge < -0.3 is 4.52 Å². The third-order valence-electron chi connectivity index (χ3n) is 3.63. The zero-order valence-corrected chi connectivity index (χ0v) is 17.5. The molecular formula is C19H33O4P. The van der Waals surface area contributed by atoms with Crippen LogP contribution in [0, 0.1) is 6.92 Å². The molecule has 0 atom stereocenters. The van der Waals surface area contributed by atoms with Crippen LogP contribution in [0.2, 0.25) is 0 Å². The fourth-order valence-corrected chi connectivity index (χ4v) is 3.74. The number of aryl methyl sites for hydroxylation is 1. The van der Waals surface area contributed by atoms with Crippen molar-refractivity contribution in [1.82, 2.24) is 0 Å². The minimum absolute atomic E-state index is 0.162. The highest BCUT2D eigenvalue weighted by Gasteiger charge is 2.34. The Morgan fingerprint density at radius 1 is 0.875 bits per heavy atom. The van der Waals surface area contributed by atoms with Gasteiger partial charge in [0.25, 0.3) is 0 Å². The Bertz CT molecular complexity index is 564. The molecule has 0 amide bonds. The van der Waals surface area contributed by atoms with Crippen molar-refractivity contribution in [2.75, 3.05) is 13.2 Å². The van der Waals surface area contributed by atoms with Crippen LogP contribution in [0.25, 0.3) is 0 Å². The van der Waals surface area contributed by atoms with Gasteiger partial charge >= 0.3 is 7.82 Å². The van der Waals surface area contributed by atoms with Gasteiger partial charge in [-0.15, -0.1) is 0 Å². The minimum atomic E-state index is -3.65. The van der Waals surface area contributed by atoms with E-state index in [0.29, 0.717) is 5.75 Å². The molecule has 0 aromatic heterocycles. The second-order valence-electron chi connectivity index (χ2n) is 8.06. The third-order valence-corrected chi connectivity index (χ3v) is 5.18. The summed E-state index contributed by atoms with van der Waals surface area (Å²) in [6.07, 6.45) is 0. The molecule has 4 nitrogen and oxygen atoms in total. The first kappa shape index (κ1) is 21.2. The molecule has 0 N–H and O–H groups in total. The van der Waals surface area contributed by atoms with Crippen molar-refractivity contribution in [3.63, 3.8) is 0 Å². The lowest BCUT2D eigenvalue weighted by molar-refractivity contribution is 0.166. The van der Waals surface area contributed by atoms with Crippen LogP contribution >= 0.6 is 7.82 Å². The molecule has 0 aliphatic rings. The topological polar surface area (TPSA) is 44.8 Å². The van der Waals surface area contributed by atoms with Crippen molar-refractivity contribution in [1.29, 1.82) is 0 Å². The van der Waals surface area contributed by atoms with E-state index in [1.165, 1.54) is 0 Å². The largest absolute Gasteiger partial charge is 0.530 e. The van der Waals surface area contributed by atoms with E-state index in [0.717, 1.165) is 16.7 Å². The molecule has 24 heavy (non-hydrogen) atoms. The van der Waals surface area contributed by atoms with Crippen molar-refractivity contribution >= 4 is 7.82 Å². The predicted octanol–water partition coefficient (Wildman–Crippen LogP) is 6.15. The zero-order valence-electron chi connectivity index (χ0n) is 16.6. The van der Waals surface area contributed by atoms with Crippen molar-refractivity contribution in [3.8, 4) is 5.75 Å². The summed E-state index contributed by atoms with van der Waals surface area (Å²) in [5, 5.41) is 0. The molecule has 0 bridgehead atoms. The Labute approximate surface area is 147 Å². The molecule has 0 aliphatic carbocycles. The predicted molar refractivity (Wildman–Crippen MR) is 100 cm³/mol. The van der Waals surface area contributed by atoms with E-state index in [-0.39, 0.29) is 24.0 Å². The molecule has 1 aromatic carbocycles. The van der Waals surface area contributed by atoms with E-state index >= 15 is 0 Å². The number of hydrogen-bond acceptors (Lipinski definition) is 4. The highest BCUT2D eigenvalue weighted by Crippen LogP contribution is 2.53. The van der Waals surface area contributed by atoms with Gasteiger partial charge in [0.15, 0.2) is 0 Å². The molecule has 138 valence electrons. The van der Waals surface area contributed by atoms with Crippen LogP contribution in [0.1, 0.15) is 72.1 Å². The van der Waals surface area contributed by atoms with Gasteiger partial charge in [-0.1, -0.05) is 59.2 Å². The van der Waals surface area contributed by atoms with Gasteiger partial charge in [0.2, 0.25) is 0 Å². The molecular weight excluding hydrogens is 323 g/mol. The second-order valence-corrected chi connectivity index (χ2v) is 9.66. The summed E-state index contributed by atoms with van der Waals surface area (Å²) in [5.41, 5.74) is 2.84. The third kappa shape index (κ3) is 5.34. The van der Waals surface area contributed by atoms with Crippen molar-refractivity contribution in [3.05, 3.63) is 28.8 Å². The van der Waals surface area contributed by atoms with Crippen LogP contribution in [0.4, 0.5) is 0 Å². The molecule has 5 heteroatoms. The lowest BCUT2D eigenvalue weighted by atomic mass is 9.78. The quantitative estimate of drug-likeness (QED) is 0.573. The van der Waals surface area contributed by atoms with Gasteiger partial charge in [0.05, 0.1) is 13.2 Å². The molecule has 0 heterocycles. The van der Waals surface area contributed by atoms with E-state index in [4.69, 9.17) is 13.6 Å². The number of rotatable bonds is 6. The fraction of sp³-hybridized carbons (Fsp3) is 0.684. The van der Waals surface area contributed by atoms with Gasteiger partial charge in [0.1, 0.15) is 5.75 Å². The van der Waals surface area contributed by atoms with Gasteiger partial charge in [-0.2, -0.15) is 0 Å². The first-order chi connectivity index (χ1) is 10.8. The maximum atomic E-state index is 13.0. The Balaban J connectivity index is 3.61. The Morgan fingerprint density at radius 3 is 1.54 bits per heavy atom. The first-order valence-electron chi connectivity index (χ1n) is 8.58. The number of phosphoric acid groups is 1. The summed E-state index contributed by atoms with van der Waals surface area (Å²) in [4.78, 5) is 0. The monoisotopic (exact) mass is 356 g/mol.